The maximum atomic E-state index is 12.3. The van der Waals surface area contributed by atoms with Crippen LogP contribution in [-0.4, -0.2) is 36.4 Å². The molecule has 5 heteroatoms. The van der Waals surface area contributed by atoms with Gasteiger partial charge in [0.15, 0.2) is 0 Å². The molecule has 0 atom stereocenters. The number of nitrogens with zero attached hydrogens (tertiary/aromatic N) is 3. The van der Waals surface area contributed by atoms with Crippen molar-refractivity contribution in [1.82, 2.24) is 9.47 Å². The zero-order valence-corrected chi connectivity index (χ0v) is 13.4. The predicted molar refractivity (Wildman–Crippen MR) is 87.9 cm³/mol. The predicted octanol–water partition coefficient (Wildman–Crippen LogP) is 2.55. The summed E-state index contributed by atoms with van der Waals surface area (Å²) < 4.78 is 2.02. The molecule has 1 aromatic heterocycles. The molecule has 0 amide bonds. The fourth-order valence-electron chi connectivity index (χ4n) is 2.33. The van der Waals surface area contributed by atoms with Crippen molar-refractivity contribution in [3.63, 3.8) is 0 Å². The summed E-state index contributed by atoms with van der Waals surface area (Å²) in [5.74, 6) is 0. The standard InChI is InChI=1S/C16H19N3OS/c1-18(2)7-4-8-19-11-12(10-17)16(20)14-9-13(21-3)5-6-15(14)19/h5-6,9,11H,4,7-8H2,1-3H3. The number of hydrogen-bond acceptors (Lipinski definition) is 4. The second-order valence-electron chi connectivity index (χ2n) is 5.22. The molecule has 0 spiro atoms. The van der Waals surface area contributed by atoms with Crippen LogP contribution in [0.1, 0.15) is 12.0 Å². The molecule has 0 aliphatic heterocycles. The van der Waals surface area contributed by atoms with Crippen LogP contribution >= 0.6 is 11.8 Å². The average Bonchev–Trinajstić information content (AvgIpc) is 2.48. The highest BCUT2D eigenvalue weighted by Crippen LogP contribution is 2.20. The van der Waals surface area contributed by atoms with Gasteiger partial charge in [0, 0.05) is 23.0 Å². The van der Waals surface area contributed by atoms with Gasteiger partial charge in [-0.25, -0.2) is 0 Å². The normalized spacial score (nSPS) is 11.0. The van der Waals surface area contributed by atoms with Crippen LogP contribution in [0, 0.1) is 11.3 Å². The molecule has 4 nitrogen and oxygen atoms in total. The van der Waals surface area contributed by atoms with E-state index in [1.54, 1.807) is 18.0 Å². The summed E-state index contributed by atoms with van der Waals surface area (Å²) in [4.78, 5) is 15.5. The van der Waals surface area contributed by atoms with Crippen molar-refractivity contribution in [2.75, 3.05) is 26.9 Å². The highest BCUT2D eigenvalue weighted by molar-refractivity contribution is 7.98. The van der Waals surface area contributed by atoms with E-state index in [4.69, 9.17) is 5.26 Å². The first kappa shape index (κ1) is 15.6. The van der Waals surface area contributed by atoms with E-state index in [0.29, 0.717) is 5.39 Å². The Kier molecular flexibility index (Phi) is 5.05. The summed E-state index contributed by atoms with van der Waals surface area (Å²) in [6, 6.07) is 7.88. The summed E-state index contributed by atoms with van der Waals surface area (Å²) >= 11 is 1.60. The molecule has 0 bridgehead atoms. The Labute approximate surface area is 129 Å². The summed E-state index contributed by atoms with van der Waals surface area (Å²) in [6.45, 7) is 1.76. The molecule has 21 heavy (non-hydrogen) atoms. The highest BCUT2D eigenvalue weighted by Gasteiger charge is 2.09. The van der Waals surface area contributed by atoms with Crippen molar-refractivity contribution >= 4 is 22.7 Å². The van der Waals surface area contributed by atoms with E-state index in [9.17, 15) is 4.79 Å². The first-order chi connectivity index (χ1) is 10.1. The molecule has 1 heterocycles. The number of aromatic nitrogens is 1. The van der Waals surface area contributed by atoms with Crippen molar-refractivity contribution < 1.29 is 0 Å². The molecule has 1 aromatic carbocycles. The lowest BCUT2D eigenvalue weighted by atomic mass is 10.1. The number of hydrogen-bond donors (Lipinski definition) is 0. The van der Waals surface area contributed by atoms with E-state index in [-0.39, 0.29) is 11.0 Å². The summed E-state index contributed by atoms with van der Waals surface area (Å²) in [7, 11) is 4.07. The number of benzene rings is 1. The zero-order valence-electron chi connectivity index (χ0n) is 12.6. The van der Waals surface area contributed by atoms with Crippen LogP contribution in [0.2, 0.25) is 0 Å². The number of fused-ring (bicyclic) bond motifs is 1. The van der Waals surface area contributed by atoms with Gasteiger partial charge in [-0.1, -0.05) is 0 Å². The van der Waals surface area contributed by atoms with Gasteiger partial charge in [-0.15, -0.1) is 11.8 Å². The quantitative estimate of drug-likeness (QED) is 0.796. The molecule has 0 unspecified atom stereocenters. The molecule has 0 saturated carbocycles. The van der Waals surface area contributed by atoms with E-state index in [1.807, 2.05) is 49.2 Å². The van der Waals surface area contributed by atoms with Crippen LogP contribution in [0.25, 0.3) is 10.9 Å². The van der Waals surface area contributed by atoms with E-state index in [0.717, 1.165) is 29.9 Å². The van der Waals surface area contributed by atoms with E-state index in [1.165, 1.54) is 0 Å². The Morgan fingerprint density at radius 3 is 2.76 bits per heavy atom. The largest absolute Gasteiger partial charge is 0.346 e. The lowest BCUT2D eigenvalue weighted by molar-refractivity contribution is 0.387. The molecule has 2 rings (SSSR count). The Hall–Kier alpha value is -1.77. The molecule has 2 aromatic rings. The highest BCUT2D eigenvalue weighted by atomic mass is 32.2. The van der Waals surface area contributed by atoms with Crippen LogP contribution in [0.5, 0.6) is 0 Å². The maximum Gasteiger partial charge on any atom is 0.207 e. The van der Waals surface area contributed by atoms with Gasteiger partial charge in [0.2, 0.25) is 5.43 Å². The molecular weight excluding hydrogens is 282 g/mol. The van der Waals surface area contributed by atoms with Crippen molar-refractivity contribution in [3.05, 3.63) is 40.2 Å². The van der Waals surface area contributed by atoms with Gasteiger partial charge in [-0.3, -0.25) is 4.79 Å². The Balaban J connectivity index is 2.52. The van der Waals surface area contributed by atoms with E-state index >= 15 is 0 Å². The average molecular weight is 301 g/mol. The lowest BCUT2D eigenvalue weighted by Crippen LogP contribution is -2.17. The smallest absolute Gasteiger partial charge is 0.207 e. The van der Waals surface area contributed by atoms with Gasteiger partial charge in [-0.2, -0.15) is 5.26 Å². The van der Waals surface area contributed by atoms with Crippen molar-refractivity contribution in [2.24, 2.45) is 0 Å². The fourth-order valence-corrected chi connectivity index (χ4v) is 2.77. The van der Waals surface area contributed by atoms with Gasteiger partial charge in [0.1, 0.15) is 11.6 Å². The minimum atomic E-state index is -0.174. The van der Waals surface area contributed by atoms with E-state index in [2.05, 4.69) is 4.90 Å². The van der Waals surface area contributed by atoms with Crippen LogP contribution < -0.4 is 5.43 Å². The summed E-state index contributed by atoms with van der Waals surface area (Å²) in [5, 5.41) is 9.80. The van der Waals surface area contributed by atoms with E-state index < -0.39 is 0 Å². The third kappa shape index (κ3) is 3.46. The van der Waals surface area contributed by atoms with Crippen LogP contribution in [0.15, 0.2) is 34.1 Å². The number of pyridine rings is 1. The summed E-state index contributed by atoms with van der Waals surface area (Å²) in [5.41, 5.74) is 0.938. The van der Waals surface area contributed by atoms with Crippen molar-refractivity contribution in [2.45, 2.75) is 17.9 Å². The van der Waals surface area contributed by atoms with Crippen molar-refractivity contribution in [1.29, 1.82) is 5.26 Å². The molecule has 110 valence electrons. The first-order valence-corrected chi connectivity index (χ1v) is 8.05. The number of rotatable bonds is 5. The number of aryl methyl sites for hydroxylation is 1. The van der Waals surface area contributed by atoms with Gasteiger partial charge >= 0.3 is 0 Å². The molecule has 0 N–H and O–H groups in total. The third-order valence-electron chi connectivity index (χ3n) is 3.41. The third-order valence-corrected chi connectivity index (χ3v) is 4.14. The van der Waals surface area contributed by atoms with Gasteiger partial charge in [-0.05, 0) is 51.5 Å². The fraction of sp³-hybridized carbons (Fsp3) is 0.375. The molecule has 0 fully saturated rings. The van der Waals surface area contributed by atoms with Crippen LogP contribution in [0.3, 0.4) is 0 Å². The van der Waals surface area contributed by atoms with Crippen LogP contribution in [0.4, 0.5) is 0 Å². The van der Waals surface area contributed by atoms with Gasteiger partial charge in [0.25, 0.3) is 0 Å². The zero-order chi connectivity index (χ0) is 15.4. The maximum absolute atomic E-state index is 12.3. The molecular formula is C16H19N3OS. The minimum absolute atomic E-state index is 0.174. The SMILES string of the molecule is CSc1ccc2c(c1)c(=O)c(C#N)cn2CCCN(C)C. The second-order valence-corrected chi connectivity index (χ2v) is 6.10. The Morgan fingerprint density at radius 2 is 2.14 bits per heavy atom. The minimum Gasteiger partial charge on any atom is -0.346 e. The second kappa shape index (κ2) is 6.79. The monoisotopic (exact) mass is 301 g/mol. The first-order valence-electron chi connectivity index (χ1n) is 6.83. The molecule has 0 radical (unpaired) electrons. The molecule has 0 aliphatic rings. The van der Waals surface area contributed by atoms with Gasteiger partial charge < -0.3 is 9.47 Å². The Morgan fingerprint density at radius 1 is 1.38 bits per heavy atom. The Bertz CT molecular complexity index is 743. The van der Waals surface area contributed by atoms with Crippen LogP contribution in [-0.2, 0) is 6.54 Å². The lowest BCUT2D eigenvalue weighted by Gasteiger charge is -2.14. The number of nitriles is 1. The van der Waals surface area contributed by atoms with Crippen molar-refractivity contribution in [3.8, 4) is 6.07 Å². The number of thioether (sulfide) groups is 1. The molecule has 0 saturated heterocycles. The topological polar surface area (TPSA) is 49.0 Å². The van der Waals surface area contributed by atoms with Gasteiger partial charge in [0.05, 0.1) is 5.52 Å². The summed E-state index contributed by atoms with van der Waals surface area (Å²) in [6.07, 6.45) is 4.63. The molecule has 0 aliphatic carbocycles.